The largest absolute Gasteiger partial charge is 0.494 e. The van der Waals surface area contributed by atoms with Gasteiger partial charge < -0.3 is 19.4 Å². The van der Waals surface area contributed by atoms with Gasteiger partial charge in [0, 0.05) is 32.7 Å². The molecule has 99 valence electrons. The third kappa shape index (κ3) is 3.46. The molecule has 1 N–H and O–H groups in total. The Bertz CT molecular complexity index is 432. The van der Waals surface area contributed by atoms with Gasteiger partial charge in [0.2, 0.25) is 0 Å². The van der Waals surface area contributed by atoms with Gasteiger partial charge >= 0.3 is 7.12 Å². The van der Waals surface area contributed by atoms with Crippen molar-refractivity contribution in [2.24, 2.45) is 0 Å². The third-order valence-electron chi connectivity index (χ3n) is 3.63. The Balaban J connectivity index is 0.00000180. The molecule has 1 aromatic carbocycles. The molecule has 0 bridgehead atoms. The molecule has 0 atom stereocenters. The fourth-order valence-corrected chi connectivity index (χ4v) is 1.76. The topological polar surface area (TPSA) is 47.6 Å². The van der Waals surface area contributed by atoms with E-state index in [2.05, 4.69) is 5.32 Å². The SMILES string of the molecule is CC1(C)OB(c2ccc(N[C-]=O)cc2)OC1(C)C.[Y]. The standard InChI is InChI=1S/C13H17BNO3.Y/c1-12(2)13(3,4)18-14(17-12)10-5-7-11(8-6-10)15-9-16;/h5-8H,1-4H3,(H,15,16);/q-1;. The van der Waals surface area contributed by atoms with Gasteiger partial charge in [-0.15, -0.1) is 17.8 Å². The summed E-state index contributed by atoms with van der Waals surface area (Å²) in [6, 6.07) is 7.35. The van der Waals surface area contributed by atoms with Gasteiger partial charge in [-0.05, 0) is 33.2 Å². The maximum atomic E-state index is 10.2. The fraction of sp³-hybridized carbons (Fsp3) is 0.462. The van der Waals surface area contributed by atoms with E-state index < -0.39 is 0 Å². The minimum absolute atomic E-state index is 0. The van der Waals surface area contributed by atoms with E-state index in [0.29, 0.717) is 5.69 Å². The molecule has 0 saturated carbocycles. The number of benzene rings is 1. The predicted molar refractivity (Wildman–Crippen MR) is 71.5 cm³/mol. The molecule has 1 saturated heterocycles. The van der Waals surface area contributed by atoms with E-state index in [-0.39, 0.29) is 51.0 Å². The molecule has 0 aromatic heterocycles. The molecule has 1 aliphatic heterocycles. The van der Waals surface area contributed by atoms with Gasteiger partial charge in [0.15, 0.2) is 0 Å². The van der Waals surface area contributed by atoms with Crippen molar-refractivity contribution in [3.05, 3.63) is 24.3 Å². The van der Waals surface area contributed by atoms with E-state index in [9.17, 15) is 4.79 Å². The summed E-state index contributed by atoms with van der Waals surface area (Å²) in [4.78, 5) is 10.2. The average molecular weight is 335 g/mol. The van der Waals surface area contributed by atoms with Crippen molar-refractivity contribution in [1.29, 1.82) is 0 Å². The van der Waals surface area contributed by atoms with Crippen molar-refractivity contribution < 1.29 is 46.8 Å². The number of amides is 1. The van der Waals surface area contributed by atoms with Gasteiger partial charge in [0.25, 0.3) is 0 Å². The second kappa shape index (κ2) is 6.04. The number of hydrogen-bond acceptors (Lipinski definition) is 3. The van der Waals surface area contributed by atoms with Crippen LogP contribution in [0.4, 0.5) is 5.69 Å². The van der Waals surface area contributed by atoms with Crippen molar-refractivity contribution in [3.8, 4) is 0 Å². The Kier molecular flexibility index (Phi) is 5.35. The normalized spacial score (nSPS) is 19.7. The average Bonchev–Trinajstić information content (AvgIpc) is 2.50. The number of rotatable bonds is 3. The molecule has 0 spiro atoms. The van der Waals surface area contributed by atoms with E-state index in [1.807, 2.05) is 39.8 Å². The van der Waals surface area contributed by atoms with Gasteiger partial charge in [0.05, 0.1) is 17.6 Å². The predicted octanol–water partition coefficient (Wildman–Crippen LogP) is 1.46. The first-order valence-corrected chi connectivity index (χ1v) is 5.94. The van der Waals surface area contributed by atoms with Gasteiger partial charge in [-0.1, -0.05) is 12.1 Å². The molecule has 2 rings (SSSR count). The molecule has 1 fully saturated rings. The second-order valence-corrected chi connectivity index (χ2v) is 5.44. The van der Waals surface area contributed by atoms with Crippen LogP contribution in [0.2, 0.25) is 0 Å². The fourth-order valence-electron chi connectivity index (χ4n) is 1.76. The molecule has 6 heteroatoms. The van der Waals surface area contributed by atoms with E-state index in [1.165, 1.54) is 0 Å². The van der Waals surface area contributed by atoms with Gasteiger partial charge in [-0.3, -0.25) is 0 Å². The summed E-state index contributed by atoms with van der Waals surface area (Å²) in [7, 11) is -0.371. The molecule has 0 aliphatic carbocycles. The van der Waals surface area contributed by atoms with Crippen LogP contribution in [0.5, 0.6) is 0 Å². The van der Waals surface area contributed by atoms with Gasteiger partial charge in [0.1, 0.15) is 0 Å². The van der Waals surface area contributed by atoms with Crippen LogP contribution in [0.25, 0.3) is 0 Å². The van der Waals surface area contributed by atoms with Crippen molar-refractivity contribution in [2.45, 2.75) is 38.9 Å². The van der Waals surface area contributed by atoms with E-state index >= 15 is 0 Å². The Morgan fingerprint density at radius 3 is 1.95 bits per heavy atom. The van der Waals surface area contributed by atoms with Crippen LogP contribution >= 0.6 is 0 Å². The Morgan fingerprint density at radius 2 is 1.53 bits per heavy atom. The summed E-state index contributed by atoms with van der Waals surface area (Å²) in [5.41, 5.74) is 0.950. The molecule has 0 unspecified atom stereocenters. The van der Waals surface area contributed by atoms with Crippen molar-refractivity contribution in [1.82, 2.24) is 0 Å². The summed E-state index contributed by atoms with van der Waals surface area (Å²) in [6.45, 7) is 8.07. The molecule has 1 amide bonds. The quantitative estimate of drug-likeness (QED) is 0.517. The Hall–Kier alpha value is -0.221. The Morgan fingerprint density at radius 1 is 1.05 bits per heavy atom. The smallest absolute Gasteiger partial charge is 0.490 e. The van der Waals surface area contributed by atoms with Gasteiger partial charge in [-0.25, -0.2) is 0 Å². The van der Waals surface area contributed by atoms with Gasteiger partial charge in [-0.2, -0.15) is 0 Å². The zero-order valence-corrected chi connectivity index (χ0v) is 14.5. The maximum absolute atomic E-state index is 10.2. The minimum Gasteiger partial charge on any atom is -0.490 e. The molecule has 4 nitrogen and oxygen atoms in total. The zero-order valence-electron chi connectivity index (χ0n) is 11.7. The van der Waals surface area contributed by atoms with E-state index in [1.54, 1.807) is 18.5 Å². The molecular weight excluding hydrogens is 318 g/mol. The molecule has 19 heavy (non-hydrogen) atoms. The van der Waals surface area contributed by atoms with Crippen LogP contribution in [0, 0.1) is 0 Å². The van der Waals surface area contributed by atoms with Crippen LogP contribution in [0.1, 0.15) is 27.7 Å². The monoisotopic (exact) mass is 335 g/mol. The number of nitrogens with one attached hydrogen (secondary N) is 1. The first kappa shape index (κ1) is 16.8. The summed E-state index contributed by atoms with van der Waals surface area (Å²) in [5.74, 6) is 0. The maximum Gasteiger partial charge on any atom is 0.494 e. The summed E-state index contributed by atoms with van der Waals surface area (Å²) in [5, 5.41) is 2.47. The molecular formula is C13H17BNO3Y-. The Labute approximate surface area is 139 Å². The van der Waals surface area contributed by atoms with Crippen molar-refractivity contribution in [3.63, 3.8) is 0 Å². The van der Waals surface area contributed by atoms with Crippen LogP contribution in [-0.4, -0.2) is 24.7 Å². The van der Waals surface area contributed by atoms with Crippen LogP contribution in [-0.2, 0) is 46.8 Å². The summed E-state index contributed by atoms with van der Waals surface area (Å²) in [6.07, 6.45) is 1.64. The molecule has 1 aliphatic rings. The summed E-state index contributed by atoms with van der Waals surface area (Å²) < 4.78 is 11.9. The summed E-state index contributed by atoms with van der Waals surface area (Å²) >= 11 is 0. The third-order valence-corrected chi connectivity index (χ3v) is 3.63. The zero-order chi connectivity index (χ0) is 13.4. The van der Waals surface area contributed by atoms with Crippen LogP contribution < -0.4 is 10.8 Å². The first-order valence-electron chi connectivity index (χ1n) is 5.94. The van der Waals surface area contributed by atoms with Crippen molar-refractivity contribution in [2.75, 3.05) is 5.32 Å². The minimum atomic E-state index is -0.371. The van der Waals surface area contributed by atoms with Crippen molar-refractivity contribution >= 4 is 24.7 Å². The number of anilines is 1. The number of hydrogen-bond donors (Lipinski definition) is 1. The molecule has 1 radical (unpaired) electrons. The van der Waals surface area contributed by atoms with Crippen LogP contribution in [0.15, 0.2) is 24.3 Å². The number of carbonyl (C=O) groups excluding carboxylic acids is 1. The molecule has 1 aromatic rings. The van der Waals surface area contributed by atoms with E-state index in [4.69, 9.17) is 9.31 Å². The first-order chi connectivity index (χ1) is 8.36. The second-order valence-electron chi connectivity index (χ2n) is 5.44. The van der Waals surface area contributed by atoms with E-state index in [0.717, 1.165) is 5.46 Å². The molecule has 1 heterocycles. The van der Waals surface area contributed by atoms with Crippen LogP contribution in [0.3, 0.4) is 0 Å².